The molecule has 6 rings (SSSR count). The lowest BCUT2D eigenvalue weighted by Crippen LogP contribution is -2.58. The number of hydrogen-bond acceptors (Lipinski definition) is 10. The van der Waals surface area contributed by atoms with Gasteiger partial charge in [-0.1, -0.05) is 46.6 Å². The molecule has 0 bridgehead atoms. The van der Waals surface area contributed by atoms with E-state index in [0.717, 1.165) is 67.8 Å². The van der Waals surface area contributed by atoms with E-state index in [0.29, 0.717) is 59.5 Å². The van der Waals surface area contributed by atoms with Crippen LogP contribution in [0.15, 0.2) is 24.4 Å². The number of terminal acetylenes is 1. The van der Waals surface area contributed by atoms with Crippen LogP contribution in [0.2, 0.25) is 5.28 Å². The van der Waals surface area contributed by atoms with Crippen molar-refractivity contribution < 1.29 is 28.4 Å². The van der Waals surface area contributed by atoms with Gasteiger partial charge in [-0.2, -0.15) is 15.1 Å². The third kappa shape index (κ3) is 9.84. The predicted molar refractivity (Wildman–Crippen MR) is 193 cm³/mol. The summed E-state index contributed by atoms with van der Waals surface area (Å²) >= 11 is 6.45. The van der Waals surface area contributed by atoms with Crippen LogP contribution in [0.4, 0.5) is 5.82 Å². The van der Waals surface area contributed by atoms with E-state index in [1.165, 1.54) is 11.1 Å². The van der Waals surface area contributed by atoms with Gasteiger partial charge in [0.15, 0.2) is 11.9 Å². The number of hydrogen-bond donors (Lipinski definition) is 0. The second kappa shape index (κ2) is 20.0. The molecule has 0 amide bonds. The van der Waals surface area contributed by atoms with Crippen molar-refractivity contribution in [1.82, 2.24) is 19.7 Å². The Morgan fingerprint density at radius 1 is 0.939 bits per heavy atom. The van der Waals surface area contributed by atoms with Crippen LogP contribution in [0.25, 0.3) is 11.0 Å². The molecule has 1 aromatic carbocycles. The zero-order valence-electron chi connectivity index (χ0n) is 29.9. The minimum atomic E-state index is -0.116. The average Bonchev–Trinajstić information content (AvgIpc) is 3.86. The van der Waals surface area contributed by atoms with Gasteiger partial charge in [-0.15, -0.1) is 6.42 Å². The van der Waals surface area contributed by atoms with Gasteiger partial charge in [-0.25, -0.2) is 4.68 Å². The molecular formula is C37H54ClN5O6. The monoisotopic (exact) mass is 699 g/mol. The van der Waals surface area contributed by atoms with Crippen LogP contribution in [0, 0.1) is 12.3 Å². The lowest BCUT2D eigenvalue weighted by atomic mass is 9.74. The van der Waals surface area contributed by atoms with Crippen molar-refractivity contribution in [2.45, 2.75) is 84.5 Å². The normalized spacial score (nSPS) is 18.7. The number of fused-ring (bicyclic) bond motifs is 3. The fourth-order valence-electron chi connectivity index (χ4n) is 6.54. The van der Waals surface area contributed by atoms with Crippen molar-refractivity contribution in [1.29, 1.82) is 0 Å². The molecular weight excluding hydrogens is 646 g/mol. The van der Waals surface area contributed by atoms with E-state index in [1.54, 1.807) is 0 Å². The Morgan fingerprint density at radius 2 is 1.61 bits per heavy atom. The number of aromatic nitrogens is 4. The molecule has 2 aliphatic heterocycles. The first-order valence-electron chi connectivity index (χ1n) is 17.9. The van der Waals surface area contributed by atoms with Crippen molar-refractivity contribution >= 4 is 28.5 Å². The van der Waals surface area contributed by atoms with Crippen LogP contribution in [-0.4, -0.2) is 98.4 Å². The van der Waals surface area contributed by atoms with Gasteiger partial charge in [0, 0.05) is 18.5 Å². The van der Waals surface area contributed by atoms with E-state index in [9.17, 15) is 0 Å². The summed E-state index contributed by atoms with van der Waals surface area (Å²) in [4.78, 5) is 11.5. The maximum atomic E-state index is 6.45. The molecule has 2 saturated heterocycles. The van der Waals surface area contributed by atoms with Crippen molar-refractivity contribution in [3.63, 3.8) is 0 Å². The van der Waals surface area contributed by atoms with Crippen LogP contribution in [0.3, 0.4) is 0 Å². The Hall–Kier alpha value is -2.98. The Morgan fingerprint density at radius 3 is 2.27 bits per heavy atom. The predicted octanol–water partition coefficient (Wildman–Crippen LogP) is 6.40. The molecule has 0 radical (unpaired) electrons. The molecule has 2 fully saturated rings. The summed E-state index contributed by atoms with van der Waals surface area (Å²) in [7, 11) is 0. The molecule has 270 valence electrons. The second-order valence-corrected chi connectivity index (χ2v) is 12.1. The zero-order valence-corrected chi connectivity index (χ0v) is 30.7. The van der Waals surface area contributed by atoms with Crippen molar-refractivity contribution in [2.75, 3.05) is 77.5 Å². The molecule has 1 spiro atoms. The van der Waals surface area contributed by atoms with Gasteiger partial charge in [-0.05, 0) is 67.0 Å². The smallest absolute Gasteiger partial charge is 0.226 e. The first kappa shape index (κ1) is 38.8. The first-order chi connectivity index (χ1) is 24.1. The fourth-order valence-corrected chi connectivity index (χ4v) is 6.70. The van der Waals surface area contributed by atoms with E-state index in [4.69, 9.17) is 46.4 Å². The van der Waals surface area contributed by atoms with E-state index in [2.05, 4.69) is 51.0 Å². The molecule has 2 unspecified atom stereocenters. The number of halogens is 1. The third-order valence-electron chi connectivity index (χ3n) is 8.83. The topological polar surface area (TPSA) is 102 Å². The summed E-state index contributed by atoms with van der Waals surface area (Å²) < 4.78 is 35.9. The number of ether oxygens (including phenoxy) is 6. The molecule has 0 saturated carbocycles. The zero-order chi connectivity index (χ0) is 35.1. The molecule has 3 aromatic rings. The van der Waals surface area contributed by atoms with E-state index >= 15 is 0 Å². The highest BCUT2D eigenvalue weighted by molar-refractivity contribution is 6.28. The number of benzene rings is 1. The SMILES string of the molecule is C#CCOCCOCCOCCOCCOc1ccc2c(c1)C1(CC2)CN(c2nc(Cl)nc3c2cnn3C2CCC(CC)O2)C1.CC.CC. The van der Waals surface area contributed by atoms with Crippen LogP contribution < -0.4 is 9.64 Å². The Balaban J connectivity index is 0.00000130. The highest BCUT2D eigenvalue weighted by Crippen LogP contribution is 2.48. The minimum absolute atomic E-state index is 0.0730. The standard InChI is InChI=1S/C33H42ClN5O6.2C2H6/c1-3-11-40-12-13-41-14-15-42-16-17-43-18-19-44-26-6-5-24-9-10-33(28(24)20-26)22-38(23-33)30-27-21-35-39(31(27)37-32(34)36-30)29-8-7-25(4-2)45-29;2*1-2/h1,5-6,20-21,25,29H,4,7-19,22-23H2,2H3;2*1-2H3. The molecule has 49 heavy (non-hydrogen) atoms. The number of rotatable bonds is 17. The van der Waals surface area contributed by atoms with Gasteiger partial charge in [0.05, 0.1) is 63.9 Å². The first-order valence-corrected chi connectivity index (χ1v) is 18.3. The number of aryl methyl sites for hydroxylation is 1. The van der Waals surface area contributed by atoms with Crippen LogP contribution in [-0.2, 0) is 35.5 Å². The molecule has 2 atom stereocenters. The van der Waals surface area contributed by atoms with Crippen LogP contribution in [0.5, 0.6) is 5.75 Å². The molecule has 0 N–H and O–H groups in total. The third-order valence-corrected chi connectivity index (χ3v) is 9.00. The van der Waals surface area contributed by atoms with Crippen LogP contribution >= 0.6 is 11.6 Å². The van der Waals surface area contributed by atoms with E-state index in [-0.39, 0.29) is 23.0 Å². The van der Waals surface area contributed by atoms with Crippen molar-refractivity contribution in [3.05, 3.63) is 40.8 Å². The quantitative estimate of drug-likeness (QED) is 0.0894. The summed E-state index contributed by atoms with van der Waals surface area (Å²) in [6.45, 7) is 16.2. The highest BCUT2D eigenvalue weighted by atomic mass is 35.5. The molecule has 2 aromatic heterocycles. The summed E-state index contributed by atoms with van der Waals surface area (Å²) in [5.41, 5.74) is 3.56. The van der Waals surface area contributed by atoms with Gasteiger partial charge in [0.1, 0.15) is 24.8 Å². The Bertz CT molecular complexity index is 1470. The summed E-state index contributed by atoms with van der Waals surface area (Å²) in [5.74, 6) is 4.12. The Labute approximate surface area is 296 Å². The van der Waals surface area contributed by atoms with Gasteiger partial charge in [-0.3, -0.25) is 0 Å². The fraction of sp³-hybridized carbons (Fsp3) is 0.649. The van der Waals surface area contributed by atoms with Gasteiger partial charge in [0.25, 0.3) is 0 Å². The molecule has 11 nitrogen and oxygen atoms in total. The average molecular weight is 700 g/mol. The molecule has 3 aliphatic rings. The maximum Gasteiger partial charge on any atom is 0.226 e. The van der Waals surface area contributed by atoms with E-state index in [1.807, 2.05) is 38.6 Å². The summed E-state index contributed by atoms with van der Waals surface area (Å²) in [5, 5.41) is 5.80. The summed E-state index contributed by atoms with van der Waals surface area (Å²) in [6, 6.07) is 6.48. The van der Waals surface area contributed by atoms with Gasteiger partial charge in [0.2, 0.25) is 5.28 Å². The van der Waals surface area contributed by atoms with Gasteiger partial charge < -0.3 is 33.3 Å². The molecule has 4 heterocycles. The molecule has 1 aliphatic carbocycles. The lowest BCUT2D eigenvalue weighted by Gasteiger charge is -2.49. The molecule has 12 heteroatoms. The second-order valence-electron chi connectivity index (χ2n) is 11.7. The Kier molecular flexibility index (Phi) is 15.9. The minimum Gasteiger partial charge on any atom is -0.491 e. The highest BCUT2D eigenvalue weighted by Gasteiger charge is 2.49. The van der Waals surface area contributed by atoms with Crippen molar-refractivity contribution in [2.24, 2.45) is 0 Å². The lowest BCUT2D eigenvalue weighted by molar-refractivity contribution is -0.00403. The van der Waals surface area contributed by atoms with E-state index < -0.39 is 0 Å². The van der Waals surface area contributed by atoms with Crippen LogP contribution in [0.1, 0.15) is 77.7 Å². The number of nitrogens with zero attached hydrogens (tertiary/aromatic N) is 5. The van der Waals surface area contributed by atoms with Crippen molar-refractivity contribution in [3.8, 4) is 18.1 Å². The van der Waals surface area contributed by atoms with Gasteiger partial charge >= 0.3 is 0 Å². The largest absolute Gasteiger partial charge is 0.491 e. The summed E-state index contributed by atoms with van der Waals surface area (Å²) in [6.07, 6.45) is 12.2. The maximum absolute atomic E-state index is 6.45. The number of anilines is 1.